The summed E-state index contributed by atoms with van der Waals surface area (Å²) in [6, 6.07) is 8.65. The molecule has 1 aromatic carbocycles. The van der Waals surface area contributed by atoms with Gasteiger partial charge in [0, 0.05) is 24.1 Å². The van der Waals surface area contributed by atoms with Crippen LogP contribution < -0.4 is 0 Å². The molecule has 1 atom stereocenters. The molecule has 0 fully saturated rings. The predicted octanol–water partition coefficient (Wildman–Crippen LogP) is 3.77. The summed E-state index contributed by atoms with van der Waals surface area (Å²) < 4.78 is 2.23. The molecule has 0 saturated carbocycles. The van der Waals surface area contributed by atoms with Gasteiger partial charge in [0.05, 0.1) is 0 Å². The lowest BCUT2D eigenvalue weighted by atomic mass is 9.99. The summed E-state index contributed by atoms with van der Waals surface area (Å²) in [7, 11) is 2.13. The van der Waals surface area contributed by atoms with Gasteiger partial charge in [0.15, 0.2) is 0 Å². The number of para-hydroxylation sites is 1. The minimum atomic E-state index is 0.774. The zero-order valence-electron chi connectivity index (χ0n) is 9.83. The van der Waals surface area contributed by atoms with Gasteiger partial charge in [-0.25, -0.2) is 0 Å². The van der Waals surface area contributed by atoms with E-state index in [0.29, 0.717) is 0 Å². The average Bonchev–Trinajstić information content (AvgIpc) is 2.57. The number of nitrogens with zero attached hydrogens (tertiary/aromatic N) is 1. The minimum Gasteiger partial charge on any atom is -0.350 e. The average molecular weight is 201 g/mol. The summed E-state index contributed by atoms with van der Waals surface area (Å²) in [5.41, 5.74) is 2.83. The Morgan fingerprint density at radius 2 is 2.00 bits per heavy atom. The van der Waals surface area contributed by atoms with Crippen molar-refractivity contribution in [1.29, 1.82) is 0 Å². The Morgan fingerprint density at radius 3 is 2.73 bits per heavy atom. The minimum absolute atomic E-state index is 0.774. The quantitative estimate of drug-likeness (QED) is 0.712. The van der Waals surface area contributed by atoms with Crippen LogP contribution in [-0.2, 0) is 13.5 Å². The number of fused-ring (bicyclic) bond motifs is 1. The molecule has 1 heteroatoms. The Morgan fingerprint density at radius 1 is 1.27 bits per heavy atom. The molecular weight excluding hydrogens is 182 g/mol. The highest BCUT2D eigenvalue weighted by Crippen LogP contribution is 2.23. The van der Waals surface area contributed by atoms with Crippen LogP contribution in [0.3, 0.4) is 0 Å². The van der Waals surface area contributed by atoms with Crippen LogP contribution in [0.25, 0.3) is 10.9 Å². The van der Waals surface area contributed by atoms with E-state index >= 15 is 0 Å². The predicted molar refractivity (Wildman–Crippen MR) is 66.1 cm³/mol. The topological polar surface area (TPSA) is 4.93 Å². The highest BCUT2D eigenvalue weighted by Gasteiger charge is 2.08. The SMILES string of the molecule is CCC(C)Cc1cn(C)c2ccccc12. The van der Waals surface area contributed by atoms with Gasteiger partial charge >= 0.3 is 0 Å². The third-order valence-electron chi connectivity index (χ3n) is 3.24. The number of hydrogen-bond acceptors (Lipinski definition) is 0. The smallest absolute Gasteiger partial charge is 0.0480 e. The molecule has 0 spiro atoms. The monoisotopic (exact) mass is 201 g/mol. The summed E-state index contributed by atoms with van der Waals surface area (Å²) in [6.07, 6.45) is 4.72. The molecule has 1 aromatic heterocycles. The largest absolute Gasteiger partial charge is 0.350 e. The van der Waals surface area contributed by atoms with Crippen molar-refractivity contribution in [2.75, 3.05) is 0 Å². The van der Waals surface area contributed by atoms with Crippen molar-refractivity contribution in [2.24, 2.45) is 13.0 Å². The molecule has 0 amide bonds. The summed E-state index contributed by atoms with van der Waals surface area (Å²) in [6.45, 7) is 4.58. The molecule has 0 aliphatic heterocycles. The third kappa shape index (κ3) is 1.92. The highest BCUT2D eigenvalue weighted by atomic mass is 14.9. The fourth-order valence-electron chi connectivity index (χ4n) is 2.11. The lowest BCUT2D eigenvalue weighted by Crippen LogP contribution is -1.96. The molecule has 15 heavy (non-hydrogen) atoms. The normalized spacial score (nSPS) is 13.3. The van der Waals surface area contributed by atoms with Crippen molar-refractivity contribution in [3.63, 3.8) is 0 Å². The van der Waals surface area contributed by atoms with Crippen LogP contribution in [0.15, 0.2) is 30.5 Å². The first kappa shape index (κ1) is 10.3. The molecule has 1 unspecified atom stereocenters. The van der Waals surface area contributed by atoms with Gasteiger partial charge in [-0.1, -0.05) is 38.5 Å². The Labute approximate surface area is 91.7 Å². The molecule has 0 bridgehead atoms. The molecule has 1 nitrogen and oxygen atoms in total. The van der Waals surface area contributed by atoms with E-state index in [1.54, 1.807) is 0 Å². The molecule has 0 radical (unpaired) electrons. The summed E-state index contributed by atoms with van der Waals surface area (Å²) in [5.74, 6) is 0.774. The molecule has 0 aliphatic carbocycles. The summed E-state index contributed by atoms with van der Waals surface area (Å²) in [5, 5.41) is 1.42. The maximum atomic E-state index is 2.32. The van der Waals surface area contributed by atoms with Gasteiger partial charge in [0.2, 0.25) is 0 Å². The number of benzene rings is 1. The van der Waals surface area contributed by atoms with E-state index in [-0.39, 0.29) is 0 Å². The Balaban J connectivity index is 2.43. The van der Waals surface area contributed by atoms with Crippen molar-refractivity contribution in [3.8, 4) is 0 Å². The number of aryl methyl sites for hydroxylation is 1. The first-order chi connectivity index (χ1) is 7.22. The van der Waals surface area contributed by atoms with Crippen LogP contribution in [0.2, 0.25) is 0 Å². The van der Waals surface area contributed by atoms with Crippen molar-refractivity contribution in [2.45, 2.75) is 26.7 Å². The van der Waals surface area contributed by atoms with Crippen molar-refractivity contribution in [1.82, 2.24) is 4.57 Å². The first-order valence-electron chi connectivity index (χ1n) is 5.75. The van der Waals surface area contributed by atoms with E-state index in [0.717, 1.165) is 5.92 Å². The standard InChI is InChI=1S/C14H19N/c1-4-11(2)9-12-10-15(3)14-8-6-5-7-13(12)14/h5-8,10-11H,4,9H2,1-3H3. The lowest BCUT2D eigenvalue weighted by Gasteiger charge is -2.06. The number of hydrogen-bond donors (Lipinski definition) is 0. The van der Waals surface area contributed by atoms with E-state index in [2.05, 4.69) is 55.9 Å². The molecule has 0 saturated heterocycles. The van der Waals surface area contributed by atoms with Gasteiger partial charge in [-0.3, -0.25) is 0 Å². The van der Waals surface area contributed by atoms with Gasteiger partial charge in [0.1, 0.15) is 0 Å². The van der Waals surface area contributed by atoms with Crippen LogP contribution in [-0.4, -0.2) is 4.57 Å². The Hall–Kier alpha value is -1.24. The van der Waals surface area contributed by atoms with Gasteiger partial charge in [-0.2, -0.15) is 0 Å². The molecule has 2 aromatic rings. The van der Waals surface area contributed by atoms with E-state index in [4.69, 9.17) is 0 Å². The molecule has 1 heterocycles. The van der Waals surface area contributed by atoms with Crippen molar-refractivity contribution < 1.29 is 0 Å². The second-order valence-electron chi connectivity index (χ2n) is 4.50. The van der Waals surface area contributed by atoms with Gasteiger partial charge in [-0.15, -0.1) is 0 Å². The fourth-order valence-corrected chi connectivity index (χ4v) is 2.11. The van der Waals surface area contributed by atoms with Crippen molar-refractivity contribution in [3.05, 3.63) is 36.0 Å². The third-order valence-corrected chi connectivity index (χ3v) is 3.24. The Bertz CT molecular complexity index is 453. The molecule has 0 aliphatic rings. The van der Waals surface area contributed by atoms with E-state index in [1.807, 2.05) is 0 Å². The zero-order chi connectivity index (χ0) is 10.8. The summed E-state index contributed by atoms with van der Waals surface area (Å²) >= 11 is 0. The van der Waals surface area contributed by atoms with E-state index in [1.165, 1.54) is 29.3 Å². The molecular formula is C14H19N. The summed E-state index contributed by atoms with van der Waals surface area (Å²) in [4.78, 5) is 0. The van der Waals surface area contributed by atoms with Crippen molar-refractivity contribution >= 4 is 10.9 Å². The number of rotatable bonds is 3. The van der Waals surface area contributed by atoms with E-state index < -0.39 is 0 Å². The maximum Gasteiger partial charge on any atom is 0.0480 e. The second-order valence-corrected chi connectivity index (χ2v) is 4.50. The molecule has 0 N–H and O–H groups in total. The van der Waals surface area contributed by atoms with Gasteiger partial charge in [0.25, 0.3) is 0 Å². The first-order valence-corrected chi connectivity index (χ1v) is 5.75. The van der Waals surface area contributed by atoms with Gasteiger partial charge < -0.3 is 4.57 Å². The van der Waals surface area contributed by atoms with Gasteiger partial charge in [-0.05, 0) is 24.0 Å². The highest BCUT2D eigenvalue weighted by molar-refractivity contribution is 5.83. The van der Waals surface area contributed by atoms with Crippen LogP contribution >= 0.6 is 0 Å². The zero-order valence-corrected chi connectivity index (χ0v) is 9.83. The van der Waals surface area contributed by atoms with E-state index in [9.17, 15) is 0 Å². The lowest BCUT2D eigenvalue weighted by molar-refractivity contribution is 0.561. The second kappa shape index (κ2) is 4.09. The van der Waals surface area contributed by atoms with Crippen LogP contribution in [0.1, 0.15) is 25.8 Å². The molecule has 80 valence electrons. The van der Waals surface area contributed by atoms with Crippen LogP contribution in [0.5, 0.6) is 0 Å². The van der Waals surface area contributed by atoms with Crippen LogP contribution in [0, 0.1) is 5.92 Å². The molecule has 2 rings (SSSR count). The fraction of sp³-hybridized carbons (Fsp3) is 0.429. The number of aromatic nitrogens is 1. The van der Waals surface area contributed by atoms with Crippen LogP contribution in [0.4, 0.5) is 0 Å². The maximum absolute atomic E-state index is 2.32. The Kier molecular flexibility index (Phi) is 2.81.